The summed E-state index contributed by atoms with van der Waals surface area (Å²) in [6, 6.07) is 0. The van der Waals surface area contributed by atoms with Crippen molar-refractivity contribution in [3.8, 4) is 0 Å². The van der Waals surface area contributed by atoms with E-state index in [1.165, 1.54) is 6.92 Å². The van der Waals surface area contributed by atoms with E-state index in [4.69, 9.17) is 10.5 Å². The summed E-state index contributed by atoms with van der Waals surface area (Å²) in [7, 11) is 0. The molecule has 1 atom stereocenters. The van der Waals surface area contributed by atoms with Crippen molar-refractivity contribution in [3.05, 3.63) is 0 Å². The molecule has 0 aliphatic carbocycles. The number of hydrogen-bond acceptors (Lipinski definition) is 4. The highest BCUT2D eigenvalue weighted by Gasteiger charge is 2.20. The first kappa shape index (κ1) is 12.0. The van der Waals surface area contributed by atoms with Gasteiger partial charge in [0, 0.05) is 6.42 Å². The van der Waals surface area contributed by atoms with Gasteiger partial charge in [0.15, 0.2) is 6.10 Å². The zero-order chi connectivity index (χ0) is 11.3. The first-order chi connectivity index (χ1) is 7.09. The molecule has 0 saturated carbocycles. The molecule has 1 saturated heterocycles. The summed E-state index contributed by atoms with van der Waals surface area (Å²) in [4.78, 5) is 22.0. The van der Waals surface area contributed by atoms with Gasteiger partial charge < -0.3 is 15.8 Å². The van der Waals surface area contributed by atoms with E-state index >= 15 is 0 Å². The second-order valence-electron chi connectivity index (χ2n) is 3.93. The third-order valence-corrected chi connectivity index (χ3v) is 2.62. The van der Waals surface area contributed by atoms with Crippen molar-refractivity contribution in [2.75, 3.05) is 13.1 Å². The molecular weight excluding hydrogens is 196 g/mol. The molecule has 1 amide bonds. The average molecular weight is 214 g/mol. The lowest BCUT2D eigenvalue weighted by Gasteiger charge is -2.22. The van der Waals surface area contributed by atoms with Crippen LogP contribution in [0.3, 0.4) is 0 Å². The van der Waals surface area contributed by atoms with Crippen molar-refractivity contribution >= 4 is 11.9 Å². The summed E-state index contributed by atoms with van der Waals surface area (Å²) in [5, 5.41) is 3.22. The van der Waals surface area contributed by atoms with E-state index in [1.54, 1.807) is 0 Å². The normalized spacial score (nSPS) is 19.5. The molecule has 0 spiro atoms. The van der Waals surface area contributed by atoms with Crippen LogP contribution >= 0.6 is 0 Å². The predicted molar refractivity (Wildman–Crippen MR) is 55.0 cm³/mol. The van der Waals surface area contributed by atoms with E-state index in [-0.39, 0.29) is 5.97 Å². The van der Waals surface area contributed by atoms with Crippen LogP contribution in [0.4, 0.5) is 0 Å². The number of nitrogens with two attached hydrogens (primary N) is 1. The molecule has 1 heterocycles. The Morgan fingerprint density at radius 3 is 2.60 bits per heavy atom. The number of amides is 1. The minimum Gasteiger partial charge on any atom is -0.453 e. The minimum atomic E-state index is -0.820. The van der Waals surface area contributed by atoms with E-state index < -0.39 is 12.0 Å². The molecule has 0 aromatic heterocycles. The summed E-state index contributed by atoms with van der Waals surface area (Å²) in [5.74, 6) is -0.555. The van der Waals surface area contributed by atoms with Gasteiger partial charge in [0.1, 0.15) is 0 Å². The van der Waals surface area contributed by atoms with Crippen LogP contribution in [-0.4, -0.2) is 31.1 Å². The quantitative estimate of drug-likeness (QED) is 0.635. The molecule has 86 valence electrons. The number of carbonyl (C=O) groups is 2. The van der Waals surface area contributed by atoms with Gasteiger partial charge in [0.25, 0.3) is 5.91 Å². The number of carbonyl (C=O) groups excluding carboxylic acids is 2. The molecule has 1 fully saturated rings. The highest BCUT2D eigenvalue weighted by atomic mass is 16.5. The summed E-state index contributed by atoms with van der Waals surface area (Å²) >= 11 is 0. The molecule has 5 nitrogen and oxygen atoms in total. The molecule has 1 aliphatic heterocycles. The van der Waals surface area contributed by atoms with Gasteiger partial charge in [0.2, 0.25) is 0 Å². The fourth-order valence-corrected chi connectivity index (χ4v) is 1.62. The summed E-state index contributed by atoms with van der Waals surface area (Å²) in [5.41, 5.74) is 4.99. The Kier molecular flexibility index (Phi) is 4.55. The molecule has 1 aliphatic rings. The number of ether oxygens (including phenoxy) is 1. The predicted octanol–water partition coefficient (Wildman–Crippen LogP) is -0.207. The summed E-state index contributed by atoms with van der Waals surface area (Å²) in [6.45, 7) is 3.38. The van der Waals surface area contributed by atoms with Crippen molar-refractivity contribution in [1.82, 2.24) is 5.32 Å². The maximum absolute atomic E-state index is 11.4. The van der Waals surface area contributed by atoms with Crippen molar-refractivity contribution in [2.24, 2.45) is 11.7 Å². The Bertz CT molecular complexity index is 237. The van der Waals surface area contributed by atoms with Gasteiger partial charge in [-0.1, -0.05) is 0 Å². The van der Waals surface area contributed by atoms with Crippen LogP contribution in [-0.2, 0) is 14.3 Å². The Balaban J connectivity index is 2.25. The first-order valence-electron chi connectivity index (χ1n) is 5.29. The lowest BCUT2D eigenvalue weighted by molar-refractivity contribution is -0.154. The lowest BCUT2D eigenvalue weighted by atomic mass is 9.95. The fourth-order valence-electron chi connectivity index (χ4n) is 1.62. The van der Waals surface area contributed by atoms with Crippen LogP contribution in [0.2, 0.25) is 0 Å². The smallest absolute Gasteiger partial charge is 0.306 e. The zero-order valence-electron chi connectivity index (χ0n) is 8.99. The fraction of sp³-hybridized carbons (Fsp3) is 0.800. The highest BCUT2D eigenvalue weighted by molar-refractivity contribution is 5.81. The van der Waals surface area contributed by atoms with Crippen molar-refractivity contribution in [3.63, 3.8) is 0 Å². The van der Waals surface area contributed by atoms with E-state index in [9.17, 15) is 9.59 Å². The monoisotopic (exact) mass is 214 g/mol. The third kappa shape index (κ3) is 4.29. The number of hydrogen-bond donors (Lipinski definition) is 2. The van der Waals surface area contributed by atoms with Crippen LogP contribution in [0.5, 0.6) is 0 Å². The van der Waals surface area contributed by atoms with Gasteiger partial charge in [-0.05, 0) is 38.8 Å². The van der Waals surface area contributed by atoms with Crippen molar-refractivity contribution < 1.29 is 14.3 Å². The molecule has 1 rings (SSSR count). The topological polar surface area (TPSA) is 81.4 Å². The SMILES string of the molecule is CC(OC(=O)CC1CCNCC1)C(N)=O. The van der Waals surface area contributed by atoms with Gasteiger partial charge >= 0.3 is 5.97 Å². The molecule has 15 heavy (non-hydrogen) atoms. The third-order valence-electron chi connectivity index (χ3n) is 2.62. The second-order valence-corrected chi connectivity index (χ2v) is 3.93. The van der Waals surface area contributed by atoms with Gasteiger partial charge in [0.05, 0.1) is 0 Å². The highest BCUT2D eigenvalue weighted by Crippen LogP contribution is 2.16. The molecule has 3 N–H and O–H groups in total. The van der Waals surface area contributed by atoms with E-state index in [1.807, 2.05) is 0 Å². The summed E-state index contributed by atoms with van der Waals surface area (Å²) < 4.78 is 4.88. The molecule has 5 heteroatoms. The summed E-state index contributed by atoms with van der Waals surface area (Å²) in [6.07, 6.45) is 1.54. The molecule has 0 radical (unpaired) electrons. The largest absolute Gasteiger partial charge is 0.453 e. The Hall–Kier alpha value is -1.10. The first-order valence-corrected chi connectivity index (χ1v) is 5.29. The number of nitrogens with one attached hydrogen (secondary N) is 1. The molecule has 1 unspecified atom stereocenters. The number of primary amides is 1. The van der Waals surface area contributed by atoms with E-state index in [2.05, 4.69) is 5.32 Å². The van der Waals surface area contributed by atoms with Gasteiger partial charge in [-0.25, -0.2) is 0 Å². The van der Waals surface area contributed by atoms with E-state index in [0.29, 0.717) is 12.3 Å². The van der Waals surface area contributed by atoms with Gasteiger partial charge in [-0.2, -0.15) is 0 Å². The van der Waals surface area contributed by atoms with E-state index in [0.717, 1.165) is 25.9 Å². The Morgan fingerprint density at radius 1 is 1.47 bits per heavy atom. The Labute approximate surface area is 89.3 Å². The number of piperidine rings is 1. The average Bonchev–Trinajstić information content (AvgIpc) is 2.18. The number of esters is 1. The molecule has 0 aromatic carbocycles. The number of rotatable bonds is 4. The molecule has 0 bridgehead atoms. The Morgan fingerprint density at radius 2 is 2.07 bits per heavy atom. The van der Waals surface area contributed by atoms with Crippen LogP contribution < -0.4 is 11.1 Å². The standard InChI is InChI=1S/C10H18N2O3/c1-7(10(11)14)15-9(13)6-8-2-4-12-5-3-8/h7-8,12H,2-6H2,1H3,(H2,11,14). The maximum atomic E-state index is 11.4. The van der Waals surface area contributed by atoms with Crippen LogP contribution in [0.1, 0.15) is 26.2 Å². The lowest BCUT2D eigenvalue weighted by Crippen LogP contribution is -2.33. The maximum Gasteiger partial charge on any atom is 0.306 e. The van der Waals surface area contributed by atoms with Crippen molar-refractivity contribution in [1.29, 1.82) is 0 Å². The second kappa shape index (κ2) is 5.70. The van der Waals surface area contributed by atoms with Gasteiger partial charge in [-0.3, -0.25) is 9.59 Å². The van der Waals surface area contributed by atoms with Crippen molar-refractivity contribution in [2.45, 2.75) is 32.3 Å². The van der Waals surface area contributed by atoms with Crippen LogP contribution in [0.15, 0.2) is 0 Å². The molecule has 0 aromatic rings. The van der Waals surface area contributed by atoms with Crippen LogP contribution in [0, 0.1) is 5.92 Å². The van der Waals surface area contributed by atoms with Gasteiger partial charge in [-0.15, -0.1) is 0 Å². The zero-order valence-corrected chi connectivity index (χ0v) is 8.99. The minimum absolute atomic E-state index is 0.326. The molecular formula is C10H18N2O3. The van der Waals surface area contributed by atoms with Crippen LogP contribution in [0.25, 0.3) is 0 Å².